The first-order chi connectivity index (χ1) is 12.1. The third-order valence-electron chi connectivity index (χ3n) is 5.24. The first kappa shape index (κ1) is 20.2. The predicted molar refractivity (Wildman–Crippen MR) is 100 cm³/mol. The van der Waals surface area contributed by atoms with E-state index >= 15 is 0 Å². The Kier molecular flexibility index (Phi) is 8.68. The minimum Gasteiger partial charge on any atom is -0.354 e. The van der Waals surface area contributed by atoms with E-state index in [0.29, 0.717) is 12.5 Å². The Balaban J connectivity index is 1.73. The van der Waals surface area contributed by atoms with E-state index in [0.717, 1.165) is 77.8 Å². The van der Waals surface area contributed by atoms with Gasteiger partial charge in [-0.3, -0.25) is 14.5 Å². The molecular formula is C19H36N4O2. The van der Waals surface area contributed by atoms with E-state index in [4.69, 9.17) is 0 Å². The molecule has 144 valence electrons. The molecule has 2 aliphatic rings. The van der Waals surface area contributed by atoms with Crippen molar-refractivity contribution in [1.29, 1.82) is 0 Å². The van der Waals surface area contributed by atoms with Gasteiger partial charge in [0.1, 0.15) is 0 Å². The van der Waals surface area contributed by atoms with Crippen LogP contribution in [0.15, 0.2) is 0 Å². The Bertz CT molecular complexity index is 418. The van der Waals surface area contributed by atoms with Crippen molar-refractivity contribution in [2.75, 3.05) is 45.8 Å². The summed E-state index contributed by atoms with van der Waals surface area (Å²) in [6, 6.07) is -0.00193. The molecule has 2 heterocycles. The Labute approximate surface area is 152 Å². The van der Waals surface area contributed by atoms with Crippen molar-refractivity contribution in [3.05, 3.63) is 0 Å². The number of carbonyl (C=O) groups is 2. The van der Waals surface area contributed by atoms with E-state index in [9.17, 15) is 9.59 Å². The van der Waals surface area contributed by atoms with Crippen LogP contribution >= 0.6 is 0 Å². The molecular weight excluding hydrogens is 316 g/mol. The largest absolute Gasteiger partial charge is 0.354 e. The molecule has 0 aromatic rings. The van der Waals surface area contributed by atoms with Crippen LogP contribution in [-0.4, -0.2) is 73.5 Å². The topological polar surface area (TPSA) is 64.7 Å². The number of nitrogens with one attached hydrogen (secondary N) is 2. The van der Waals surface area contributed by atoms with Crippen LogP contribution in [0.3, 0.4) is 0 Å². The molecule has 2 rings (SSSR count). The van der Waals surface area contributed by atoms with Gasteiger partial charge in [0.2, 0.25) is 11.8 Å². The van der Waals surface area contributed by atoms with Crippen molar-refractivity contribution in [1.82, 2.24) is 20.4 Å². The fourth-order valence-corrected chi connectivity index (χ4v) is 3.93. The molecule has 0 spiro atoms. The van der Waals surface area contributed by atoms with Crippen LogP contribution in [0.5, 0.6) is 0 Å². The molecule has 25 heavy (non-hydrogen) atoms. The summed E-state index contributed by atoms with van der Waals surface area (Å²) >= 11 is 0. The van der Waals surface area contributed by atoms with Crippen LogP contribution in [0.2, 0.25) is 0 Å². The van der Waals surface area contributed by atoms with Gasteiger partial charge in [-0.05, 0) is 57.5 Å². The molecule has 2 saturated heterocycles. The van der Waals surface area contributed by atoms with Crippen molar-refractivity contribution < 1.29 is 9.59 Å². The Morgan fingerprint density at radius 3 is 2.56 bits per heavy atom. The number of hydrogen-bond donors (Lipinski definition) is 2. The third kappa shape index (κ3) is 6.59. The van der Waals surface area contributed by atoms with E-state index in [2.05, 4.69) is 29.4 Å². The molecule has 6 heteroatoms. The monoisotopic (exact) mass is 352 g/mol. The molecule has 2 fully saturated rings. The molecule has 6 nitrogen and oxygen atoms in total. The van der Waals surface area contributed by atoms with Gasteiger partial charge in [-0.2, -0.15) is 0 Å². The summed E-state index contributed by atoms with van der Waals surface area (Å²) in [6.07, 6.45) is 6.30. The Morgan fingerprint density at radius 2 is 1.92 bits per heavy atom. The highest BCUT2D eigenvalue weighted by atomic mass is 16.2. The zero-order valence-electron chi connectivity index (χ0n) is 16.1. The van der Waals surface area contributed by atoms with Crippen molar-refractivity contribution in [3.63, 3.8) is 0 Å². The molecule has 0 saturated carbocycles. The first-order valence-electron chi connectivity index (χ1n) is 10.1. The van der Waals surface area contributed by atoms with Gasteiger partial charge in [-0.1, -0.05) is 13.8 Å². The van der Waals surface area contributed by atoms with Crippen LogP contribution in [0.1, 0.15) is 52.4 Å². The quantitative estimate of drug-likeness (QED) is 0.655. The lowest BCUT2D eigenvalue weighted by Crippen LogP contribution is -2.48. The van der Waals surface area contributed by atoms with Gasteiger partial charge in [0.15, 0.2) is 0 Å². The molecule has 0 aliphatic carbocycles. The van der Waals surface area contributed by atoms with Crippen molar-refractivity contribution in [2.45, 2.75) is 58.4 Å². The maximum atomic E-state index is 12.5. The summed E-state index contributed by atoms with van der Waals surface area (Å²) in [5, 5.41) is 6.35. The van der Waals surface area contributed by atoms with Crippen LogP contribution in [0.4, 0.5) is 0 Å². The van der Waals surface area contributed by atoms with E-state index in [1.807, 2.05) is 4.90 Å². The van der Waals surface area contributed by atoms with Gasteiger partial charge in [-0.25, -0.2) is 0 Å². The summed E-state index contributed by atoms with van der Waals surface area (Å²) < 4.78 is 0. The predicted octanol–water partition coefficient (Wildman–Crippen LogP) is 1.22. The van der Waals surface area contributed by atoms with E-state index in [1.54, 1.807) is 0 Å². The molecule has 2 atom stereocenters. The highest BCUT2D eigenvalue weighted by Crippen LogP contribution is 2.16. The van der Waals surface area contributed by atoms with E-state index < -0.39 is 0 Å². The van der Waals surface area contributed by atoms with Gasteiger partial charge in [-0.15, -0.1) is 0 Å². The maximum Gasteiger partial charge on any atom is 0.237 e. The number of carbonyl (C=O) groups excluding carboxylic acids is 2. The first-order valence-corrected chi connectivity index (χ1v) is 10.1. The normalized spacial score (nSPS) is 24.2. The van der Waals surface area contributed by atoms with E-state index in [-0.39, 0.29) is 17.9 Å². The average molecular weight is 353 g/mol. The minimum atomic E-state index is -0.00193. The summed E-state index contributed by atoms with van der Waals surface area (Å²) in [7, 11) is 0. The van der Waals surface area contributed by atoms with Gasteiger partial charge >= 0.3 is 0 Å². The van der Waals surface area contributed by atoms with Gasteiger partial charge in [0.25, 0.3) is 0 Å². The molecule has 2 N–H and O–H groups in total. The lowest BCUT2D eigenvalue weighted by Gasteiger charge is -2.34. The van der Waals surface area contributed by atoms with Gasteiger partial charge in [0.05, 0.1) is 12.6 Å². The third-order valence-corrected chi connectivity index (χ3v) is 5.24. The molecule has 2 aliphatic heterocycles. The zero-order chi connectivity index (χ0) is 18.1. The Hall–Kier alpha value is -1.14. The number of likely N-dealkylation sites (tertiary alicyclic amines) is 1. The summed E-state index contributed by atoms with van der Waals surface area (Å²) in [4.78, 5) is 28.9. The molecule has 2 amide bonds. The standard InChI is InChI=1S/C19H36N4O2/c1-3-10-23(11-4-2)18(24)15-22-12-6-7-16(14-22)13-21-19(25)17-8-5-9-20-17/h16-17,20H,3-15H2,1-2H3,(H,21,25). The SMILES string of the molecule is CCCN(CCC)C(=O)CN1CCCC(CNC(=O)C2CCCN2)C1. The smallest absolute Gasteiger partial charge is 0.237 e. The Morgan fingerprint density at radius 1 is 1.16 bits per heavy atom. The van der Waals surface area contributed by atoms with Crippen LogP contribution in [0, 0.1) is 5.92 Å². The summed E-state index contributed by atoms with van der Waals surface area (Å²) in [5.41, 5.74) is 0. The van der Waals surface area contributed by atoms with Crippen LogP contribution in [-0.2, 0) is 9.59 Å². The average Bonchev–Trinajstić information content (AvgIpc) is 3.14. The van der Waals surface area contributed by atoms with Crippen LogP contribution < -0.4 is 10.6 Å². The minimum absolute atomic E-state index is 0.00193. The summed E-state index contributed by atoms with van der Waals surface area (Å²) in [6.45, 7) is 10.1. The maximum absolute atomic E-state index is 12.5. The molecule has 2 unspecified atom stereocenters. The fourth-order valence-electron chi connectivity index (χ4n) is 3.93. The molecule has 0 bridgehead atoms. The molecule has 0 aromatic carbocycles. The number of nitrogens with zero attached hydrogens (tertiary/aromatic N) is 2. The van der Waals surface area contributed by atoms with Gasteiger partial charge in [0, 0.05) is 26.2 Å². The second-order valence-electron chi connectivity index (χ2n) is 7.52. The molecule has 0 radical (unpaired) electrons. The number of piperidine rings is 1. The zero-order valence-corrected chi connectivity index (χ0v) is 16.1. The summed E-state index contributed by atoms with van der Waals surface area (Å²) in [5.74, 6) is 0.851. The second-order valence-corrected chi connectivity index (χ2v) is 7.52. The van der Waals surface area contributed by atoms with Crippen molar-refractivity contribution >= 4 is 11.8 Å². The van der Waals surface area contributed by atoms with E-state index in [1.165, 1.54) is 0 Å². The number of rotatable bonds is 9. The lowest BCUT2D eigenvalue weighted by molar-refractivity contribution is -0.133. The van der Waals surface area contributed by atoms with Crippen LogP contribution in [0.25, 0.3) is 0 Å². The van der Waals surface area contributed by atoms with Crippen molar-refractivity contribution in [3.8, 4) is 0 Å². The van der Waals surface area contributed by atoms with Crippen molar-refractivity contribution in [2.24, 2.45) is 5.92 Å². The lowest BCUT2D eigenvalue weighted by atomic mass is 9.97. The highest BCUT2D eigenvalue weighted by molar-refractivity contribution is 5.82. The highest BCUT2D eigenvalue weighted by Gasteiger charge is 2.26. The second kappa shape index (κ2) is 10.8. The number of amides is 2. The molecule has 0 aromatic heterocycles. The fraction of sp³-hybridized carbons (Fsp3) is 0.895. The number of hydrogen-bond acceptors (Lipinski definition) is 4. The van der Waals surface area contributed by atoms with Gasteiger partial charge < -0.3 is 15.5 Å².